The number of hydrogen-bond donors (Lipinski definition) is 4. The van der Waals surface area contributed by atoms with E-state index in [4.69, 9.17) is 0 Å². The van der Waals surface area contributed by atoms with Gasteiger partial charge in [-0.15, -0.1) is 20.4 Å². The Hall–Kier alpha value is -5.98. The molecule has 18 nitrogen and oxygen atoms in total. The van der Waals surface area contributed by atoms with Crippen molar-refractivity contribution in [3.8, 4) is 11.4 Å². The SMILES string of the molecule is O=S(=O)(O)c1ccc2cc3nn(-c4ccc(C=Cc5ccc(-n6nc7cc8ccc(S(=O)(=O)O)cc8cc7n6)cc5S(=O)(=O)O)c(S(=O)(=O)O)c4)nc3cc2c1. The Morgan fingerprint density at radius 2 is 0.732 bits per heavy atom. The summed E-state index contributed by atoms with van der Waals surface area (Å²) >= 11 is 0. The Morgan fingerprint density at radius 3 is 1.05 bits per heavy atom. The first-order chi connectivity index (χ1) is 26.2. The van der Waals surface area contributed by atoms with Gasteiger partial charge in [0.25, 0.3) is 40.5 Å². The topological polar surface area (TPSA) is 279 Å². The molecule has 0 aliphatic heterocycles. The zero-order valence-corrected chi connectivity index (χ0v) is 31.0. The van der Waals surface area contributed by atoms with Crippen molar-refractivity contribution in [1.29, 1.82) is 0 Å². The zero-order chi connectivity index (χ0) is 39.9. The van der Waals surface area contributed by atoms with Crippen LogP contribution in [-0.4, -0.2) is 81.9 Å². The van der Waals surface area contributed by atoms with Crippen LogP contribution in [0.25, 0.3) is 67.1 Å². The number of nitrogens with zero attached hydrogens (tertiary/aromatic N) is 6. The van der Waals surface area contributed by atoms with Crippen LogP contribution in [0.5, 0.6) is 0 Å². The highest BCUT2D eigenvalue weighted by Gasteiger charge is 2.20. The predicted molar refractivity (Wildman–Crippen MR) is 201 cm³/mol. The first-order valence-corrected chi connectivity index (χ1v) is 21.5. The summed E-state index contributed by atoms with van der Waals surface area (Å²) in [5.74, 6) is 0. The van der Waals surface area contributed by atoms with E-state index in [0.717, 1.165) is 21.7 Å². The van der Waals surface area contributed by atoms with Crippen molar-refractivity contribution in [2.24, 2.45) is 0 Å². The summed E-state index contributed by atoms with van der Waals surface area (Å²) in [6.45, 7) is 0. The van der Waals surface area contributed by atoms with Crippen LogP contribution >= 0.6 is 0 Å². The second-order valence-electron chi connectivity index (χ2n) is 12.4. The van der Waals surface area contributed by atoms with Crippen LogP contribution in [0.4, 0.5) is 0 Å². The maximum atomic E-state index is 12.5. The average molecular weight is 835 g/mol. The predicted octanol–water partition coefficient (Wildman–Crippen LogP) is 4.62. The van der Waals surface area contributed by atoms with Gasteiger partial charge in [-0.3, -0.25) is 18.2 Å². The summed E-state index contributed by atoms with van der Waals surface area (Å²) in [6.07, 6.45) is 2.41. The van der Waals surface area contributed by atoms with Crippen LogP contribution in [0.2, 0.25) is 0 Å². The Kier molecular flexibility index (Phi) is 8.44. The largest absolute Gasteiger partial charge is 0.295 e. The Bertz CT molecular complexity index is 3260. The molecule has 0 spiro atoms. The smallest absolute Gasteiger partial charge is 0.282 e. The maximum absolute atomic E-state index is 12.5. The molecule has 56 heavy (non-hydrogen) atoms. The van der Waals surface area contributed by atoms with Gasteiger partial charge in [0.1, 0.15) is 31.9 Å². The molecule has 0 aliphatic rings. The van der Waals surface area contributed by atoms with Crippen LogP contribution in [0, 0.1) is 0 Å². The van der Waals surface area contributed by atoms with E-state index < -0.39 is 50.3 Å². The quantitative estimate of drug-likeness (QED) is 0.120. The van der Waals surface area contributed by atoms with E-state index in [0.29, 0.717) is 43.6 Å². The molecule has 284 valence electrons. The van der Waals surface area contributed by atoms with Crippen molar-refractivity contribution >= 4 is 96.2 Å². The molecule has 0 amide bonds. The van der Waals surface area contributed by atoms with Gasteiger partial charge in [0, 0.05) is 0 Å². The van der Waals surface area contributed by atoms with Crippen molar-refractivity contribution in [1.82, 2.24) is 30.0 Å². The molecular weight excluding hydrogens is 813 g/mol. The first kappa shape index (κ1) is 37.0. The Balaban J connectivity index is 1.14. The molecule has 0 bridgehead atoms. The monoisotopic (exact) mass is 834 g/mol. The Labute approximate surface area is 315 Å². The third kappa shape index (κ3) is 7.02. The van der Waals surface area contributed by atoms with E-state index in [1.807, 2.05) is 0 Å². The van der Waals surface area contributed by atoms with Crippen molar-refractivity contribution in [3.05, 3.63) is 108 Å². The lowest BCUT2D eigenvalue weighted by Crippen LogP contribution is -2.06. The molecule has 8 aromatic rings. The molecule has 0 unspecified atom stereocenters. The fourth-order valence-corrected chi connectivity index (χ4v) is 8.46. The molecule has 2 aromatic heterocycles. The lowest BCUT2D eigenvalue weighted by atomic mass is 10.1. The summed E-state index contributed by atoms with van der Waals surface area (Å²) in [7, 11) is -18.7. The number of aromatic nitrogens is 6. The molecule has 0 aliphatic carbocycles. The highest BCUT2D eigenvalue weighted by molar-refractivity contribution is 7.86. The van der Waals surface area contributed by atoms with Gasteiger partial charge < -0.3 is 0 Å². The molecule has 4 N–H and O–H groups in total. The van der Waals surface area contributed by atoms with Gasteiger partial charge in [0.15, 0.2) is 0 Å². The fourth-order valence-electron chi connectivity index (χ4n) is 6.03. The normalized spacial score (nSPS) is 13.1. The number of rotatable bonds is 8. The maximum Gasteiger partial charge on any atom is 0.295 e. The minimum absolute atomic E-state index is 0.0778. The highest BCUT2D eigenvalue weighted by atomic mass is 32.2. The third-order valence-electron chi connectivity index (χ3n) is 8.67. The molecule has 8 rings (SSSR count). The summed E-state index contributed by atoms with van der Waals surface area (Å²) in [5, 5.41) is 19.4. The summed E-state index contributed by atoms with van der Waals surface area (Å²) in [5.41, 5.74) is 1.35. The van der Waals surface area contributed by atoms with E-state index in [2.05, 4.69) is 20.4 Å². The van der Waals surface area contributed by atoms with Gasteiger partial charge in [0.2, 0.25) is 0 Å². The van der Waals surface area contributed by atoms with Gasteiger partial charge in [-0.1, -0.05) is 36.4 Å². The number of hydrogen-bond acceptors (Lipinski definition) is 12. The highest BCUT2D eigenvalue weighted by Crippen LogP contribution is 2.29. The van der Waals surface area contributed by atoms with E-state index >= 15 is 0 Å². The average Bonchev–Trinajstić information content (AvgIpc) is 3.73. The second-order valence-corrected chi connectivity index (χ2v) is 18.0. The summed E-state index contributed by atoms with van der Waals surface area (Å²) in [6, 6.07) is 21.8. The van der Waals surface area contributed by atoms with Gasteiger partial charge in [-0.05, 0) is 105 Å². The Morgan fingerprint density at radius 1 is 0.393 bits per heavy atom. The minimum atomic E-state index is -4.90. The van der Waals surface area contributed by atoms with Crippen LogP contribution in [0.15, 0.2) is 117 Å². The number of benzene rings is 6. The summed E-state index contributed by atoms with van der Waals surface area (Å²) in [4.78, 5) is 0.359. The lowest BCUT2D eigenvalue weighted by Gasteiger charge is -2.08. The van der Waals surface area contributed by atoms with E-state index in [9.17, 15) is 51.9 Å². The zero-order valence-electron chi connectivity index (χ0n) is 27.8. The van der Waals surface area contributed by atoms with E-state index in [1.165, 1.54) is 84.9 Å². The molecule has 0 saturated carbocycles. The van der Waals surface area contributed by atoms with Gasteiger partial charge in [-0.25, -0.2) is 0 Å². The molecular formula is C34H22N6O12S4. The third-order valence-corrected chi connectivity index (χ3v) is 12.2. The van der Waals surface area contributed by atoms with Crippen LogP contribution in [0.3, 0.4) is 0 Å². The second kappa shape index (κ2) is 12.8. The van der Waals surface area contributed by atoms with Crippen molar-refractivity contribution in [2.75, 3.05) is 0 Å². The molecule has 0 fully saturated rings. The molecule has 0 radical (unpaired) electrons. The van der Waals surface area contributed by atoms with Crippen molar-refractivity contribution in [2.45, 2.75) is 19.6 Å². The number of fused-ring (bicyclic) bond motifs is 4. The molecule has 6 aromatic carbocycles. The molecule has 0 saturated heterocycles. The van der Waals surface area contributed by atoms with E-state index in [1.54, 1.807) is 12.1 Å². The summed E-state index contributed by atoms with van der Waals surface area (Å²) < 4.78 is 136. The van der Waals surface area contributed by atoms with Gasteiger partial charge in [0.05, 0.1) is 21.2 Å². The lowest BCUT2D eigenvalue weighted by molar-refractivity contribution is 0.480. The standard InChI is InChI=1S/C34H22N6O12S4/c41-53(42,43)27-9-5-21-13-29-31(15-23(21)11-27)37-39(35-29)25-7-3-19(33(17-25)55(47,48)49)1-2-20-4-8-26(18-34(20)56(50,51)52)40-36-30-14-22-6-10-28(54(44,45)46)12-24(22)16-32(30)38-40/h1-18H,(H,41,42,43)(H,44,45,46)(H,47,48,49)(H,50,51,52). The van der Waals surface area contributed by atoms with Crippen molar-refractivity contribution < 1.29 is 51.9 Å². The van der Waals surface area contributed by atoms with Gasteiger partial charge in [-0.2, -0.15) is 43.3 Å². The van der Waals surface area contributed by atoms with Gasteiger partial charge >= 0.3 is 0 Å². The van der Waals surface area contributed by atoms with Crippen LogP contribution in [0.1, 0.15) is 11.1 Å². The fraction of sp³-hybridized carbons (Fsp3) is 0. The molecule has 22 heteroatoms. The van der Waals surface area contributed by atoms with E-state index in [-0.39, 0.29) is 32.3 Å². The molecule has 0 atom stereocenters. The first-order valence-electron chi connectivity index (χ1n) is 15.7. The van der Waals surface area contributed by atoms with Crippen LogP contribution in [-0.2, 0) is 40.5 Å². The molecule has 2 heterocycles. The van der Waals surface area contributed by atoms with Crippen LogP contribution < -0.4 is 0 Å². The van der Waals surface area contributed by atoms with Crippen molar-refractivity contribution in [3.63, 3.8) is 0 Å². The minimum Gasteiger partial charge on any atom is -0.282 e.